The first-order valence-electron chi connectivity index (χ1n) is 9.00. The van der Waals surface area contributed by atoms with Crippen LogP contribution in [0.5, 0.6) is 0 Å². The van der Waals surface area contributed by atoms with Gasteiger partial charge in [0, 0.05) is 5.75 Å². The molecule has 1 aliphatic rings. The monoisotopic (exact) mass is 414 g/mol. The van der Waals surface area contributed by atoms with Gasteiger partial charge in [0.25, 0.3) is 0 Å². The number of H-pyrrole nitrogens is 1. The minimum absolute atomic E-state index is 0.391. The maximum atomic E-state index is 10.3. The van der Waals surface area contributed by atoms with Gasteiger partial charge in [-0.05, 0) is 17.7 Å². The number of aliphatic hydroxyl groups is 3. The molecule has 29 heavy (non-hydrogen) atoms. The molecule has 0 aliphatic carbocycles. The van der Waals surface area contributed by atoms with Gasteiger partial charge in [0.1, 0.15) is 35.2 Å². The highest BCUT2D eigenvalue weighted by molar-refractivity contribution is 7.98. The number of benzene rings is 1. The minimum Gasteiger partial charge on any atom is -0.394 e. The van der Waals surface area contributed by atoms with Crippen molar-refractivity contribution in [3.8, 4) is 0 Å². The second-order valence-electron chi connectivity index (χ2n) is 6.77. The molecule has 0 saturated carbocycles. The fourth-order valence-electron chi connectivity index (χ4n) is 3.46. The van der Waals surface area contributed by atoms with Gasteiger partial charge in [0.2, 0.25) is 0 Å². The van der Waals surface area contributed by atoms with Crippen molar-refractivity contribution in [3.63, 3.8) is 0 Å². The molecule has 1 fully saturated rings. The van der Waals surface area contributed by atoms with Gasteiger partial charge >= 0.3 is 0 Å². The van der Waals surface area contributed by atoms with Crippen LogP contribution in [0.15, 0.2) is 42.2 Å². The van der Waals surface area contributed by atoms with Crippen LogP contribution in [0.3, 0.4) is 0 Å². The molecule has 4 N–H and O–H groups in total. The topological polar surface area (TPSA) is 142 Å². The van der Waals surface area contributed by atoms with Crippen LogP contribution in [0.4, 0.5) is 0 Å². The lowest BCUT2D eigenvalue weighted by molar-refractivity contribution is -0.0511. The molecular formula is C18H18N6O4S. The average Bonchev–Trinajstić information content (AvgIpc) is 3.44. The Hall–Kier alpha value is -2.57. The summed E-state index contributed by atoms with van der Waals surface area (Å²) in [5, 5.41) is 30.3. The van der Waals surface area contributed by atoms with Gasteiger partial charge in [0.05, 0.1) is 30.3 Å². The Balaban J connectivity index is 1.41. The zero-order valence-electron chi connectivity index (χ0n) is 15.1. The summed E-state index contributed by atoms with van der Waals surface area (Å²) >= 11 is 1.52. The Morgan fingerprint density at radius 3 is 2.86 bits per heavy atom. The number of fused-ring (bicyclic) bond motifs is 2. The van der Waals surface area contributed by atoms with Crippen molar-refractivity contribution in [3.05, 3.63) is 42.7 Å². The van der Waals surface area contributed by atoms with E-state index < -0.39 is 31.1 Å². The fourth-order valence-corrected chi connectivity index (χ4v) is 4.34. The summed E-state index contributed by atoms with van der Waals surface area (Å²) in [7, 11) is 0. The number of nitrogens with zero attached hydrogens (tertiary/aromatic N) is 5. The Morgan fingerprint density at radius 2 is 2.03 bits per heavy atom. The van der Waals surface area contributed by atoms with Crippen molar-refractivity contribution >= 4 is 34.0 Å². The summed E-state index contributed by atoms with van der Waals surface area (Å²) in [5.41, 5.74) is 4.07. The van der Waals surface area contributed by atoms with Crippen LogP contribution in [-0.2, 0) is 10.5 Å². The van der Waals surface area contributed by atoms with Gasteiger partial charge in [-0.1, -0.05) is 17.8 Å². The number of hydrogen-bond donors (Lipinski definition) is 4. The van der Waals surface area contributed by atoms with Crippen LogP contribution in [0.1, 0.15) is 11.8 Å². The highest BCUT2D eigenvalue weighted by atomic mass is 32.2. The minimum atomic E-state index is -1.20. The quantitative estimate of drug-likeness (QED) is 0.273. The maximum Gasteiger partial charge on any atom is 0.166 e. The van der Waals surface area contributed by atoms with Gasteiger partial charge in [0.15, 0.2) is 11.9 Å². The molecule has 4 unspecified atom stereocenters. The van der Waals surface area contributed by atoms with E-state index in [9.17, 15) is 15.3 Å². The third-order valence-corrected chi connectivity index (χ3v) is 6.03. The van der Waals surface area contributed by atoms with E-state index >= 15 is 0 Å². The molecule has 0 bridgehead atoms. The van der Waals surface area contributed by atoms with Crippen molar-refractivity contribution in [2.75, 3.05) is 6.61 Å². The molecule has 0 spiro atoms. The smallest absolute Gasteiger partial charge is 0.166 e. The third kappa shape index (κ3) is 3.16. The number of aromatic amines is 1. The van der Waals surface area contributed by atoms with Crippen molar-refractivity contribution in [2.24, 2.45) is 0 Å². The second-order valence-corrected chi connectivity index (χ2v) is 7.74. The average molecular weight is 414 g/mol. The first-order chi connectivity index (χ1) is 14.2. The molecule has 5 rings (SSSR count). The van der Waals surface area contributed by atoms with E-state index in [1.54, 1.807) is 10.9 Å². The van der Waals surface area contributed by atoms with Crippen LogP contribution < -0.4 is 0 Å². The number of imidazole rings is 2. The second kappa shape index (κ2) is 7.35. The lowest BCUT2D eigenvalue weighted by Gasteiger charge is -2.16. The number of aliphatic hydroxyl groups excluding tert-OH is 3. The Labute approximate surface area is 168 Å². The van der Waals surface area contributed by atoms with E-state index in [-0.39, 0.29) is 0 Å². The lowest BCUT2D eigenvalue weighted by Crippen LogP contribution is -2.33. The highest BCUT2D eigenvalue weighted by Crippen LogP contribution is 2.33. The first kappa shape index (κ1) is 18.5. The van der Waals surface area contributed by atoms with E-state index in [1.165, 1.54) is 24.4 Å². The summed E-state index contributed by atoms with van der Waals surface area (Å²) in [6.45, 7) is -0.391. The molecule has 4 heterocycles. The standard InChI is InChI=1S/C18H18N6O4S/c25-4-12-14(26)15(27)18(28-12)24-8-23-13-16(24)21-7-22-17(13)29-5-9-1-2-10-11(3-9)20-6-19-10/h1-3,6-8,12,14-15,18,25-27H,4-5H2,(H,19,20). The predicted octanol–water partition coefficient (Wildman–Crippen LogP) is 0.606. The SMILES string of the molecule is OCC1OC(n2cnc3c(SCc4ccc5nc[nH]c5c4)ncnc32)C(O)C1O. The zero-order chi connectivity index (χ0) is 20.0. The summed E-state index contributed by atoms with van der Waals surface area (Å²) in [6, 6.07) is 6.03. The molecule has 150 valence electrons. The molecule has 0 amide bonds. The summed E-state index contributed by atoms with van der Waals surface area (Å²) < 4.78 is 7.14. The Bertz CT molecular complexity index is 1160. The van der Waals surface area contributed by atoms with Crippen LogP contribution in [0.2, 0.25) is 0 Å². The molecule has 1 aliphatic heterocycles. The highest BCUT2D eigenvalue weighted by Gasteiger charge is 2.44. The van der Waals surface area contributed by atoms with Crippen LogP contribution in [-0.4, -0.2) is 69.7 Å². The molecular weight excluding hydrogens is 396 g/mol. The van der Waals surface area contributed by atoms with E-state index in [4.69, 9.17) is 4.74 Å². The lowest BCUT2D eigenvalue weighted by atomic mass is 10.1. The number of thioether (sulfide) groups is 1. The number of hydrogen-bond acceptors (Lipinski definition) is 9. The van der Waals surface area contributed by atoms with Gasteiger partial charge < -0.3 is 25.0 Å². The molecule has 4 atom stereocenters. The summed E-state index contributed by atoms with van der Waals surface area (Å²) in [4.78, 5) is 20.3. The Morgan fingerprint density at radius 1 is 1.14 bits per heavy atom. The number of ether oxygens (including phenoxy) is 1. The zero-order valence-corrected chi connectivity index (χ0v) is 15.9. The fraction of sp³-hybridized carbons (Fsp3) is 0.333. The van der Waals surface area contributed by atoms with E-state index in [2.05, 4.69) is 24.9 Å². The molecule has 3 aromatic heterocycles. The van der Waals surface area contributed by atoms with Crippen molar-refractivity contribution in [1.29, 1.82) is 0 Å². The predicted molar refractivity (Wildman–Crippen MR) is 104 cm³/mol. The van der Waals surface area contributed by atoms with Gasteiger partial charge in [-0.15, -0.1) is 0 Å². The molecule has 4 aromatic rings. The third-order valence-electron chi connectivity index (χ3n) is 4.98. The Kier molecular flexibility index (Phi) is 4.68. The largest absolute Gasteiger partial charge is 0.394 e. The van der Waals surface area contributed by atoms with Crippen molar-refractivity contribution < 1.29 is 20.1 Å². The molecule has 0 radical (unpaired) electrons. The maximum absolute atomic E-state index is 10.3. The molecule has 11 heteroatoms. The van der Waals surface area contributed by atoms with Gasteiger partial charge in [-0.2, -0.15) is 0 Å². The van der Waals surface area contributed by atoms with E-state index in [0.717, 1.165) is 16.6 Å². The van der Waals surface area contributed by atoms with Gasteiger partial charge in [-0.3, -0.25) is 4.57 Å². The first-order valence-corrected chi connectivity index (χ1v) is 9.99. The van der Waals surface area contributed by atoms with E-state index in [0.29, 0.717) is 21.9 Å². The number of rotatable bonds is 5. The van der Waals surface area contributed by atoms with Crippen LogP contribution in [0, 0.1) is 0 Å². The normalized spacial score (nSPS) is 24.7. The number of aromatic nitrogens is 6. The van der Waals surface area contributed by atoms with E-state index in [1.807, 2.05) is 18.2 Å². The molecule has 1 aromatic carbocycles. The molecule has 10 nitrogen and oxygen atoms in total. The van der Waals surface area contributed by atoms with Crippen molar-refractivity contribution in [1.82, 2.24) is 29.5 Å². The van der Waals surface area contributed by atoms with Gasteiger partial charge in [-0.25, -0.2) is 19.9 Å². The summed E-state index contributed by atoms with van der Waals surface area (Å²) in [6.07, 6.45) is 0.471. The van der Waals surface area contributed by atoms with Crippen LogP contribution >= 0.6 is 11.8 Å². The van der Waals surface area contributed by atoms with Crippen LogP contribution in [0.25, 0.3) is 22.2 Å². The van der Waals surface area contributed by atoms with Crippen molar-refractivity contribution in [2.45, 2.75) is 35.3 Å². The molecule has 1 saturated heterocycles. The summed E-state index contributed by atoms with van der Waals surface area (Å²) in [5.74, 6) is 0.682. The number of nitrogens with one attached hydrogen (secondary N) is 1.